The van der Waals surface area contributed by atoms with Crippen LogP contribution >= 0.6 is 0 Å². The number of carboxylic acids is 2. The second kappa shape index (κ2) is 11.6. The first-order valence-corrected chi connectivity index (χ1v) is 12.3. The van der Waals surface area contributed by atoms with E-state index in [4.69, 9.17) is 10.2 Å². The van der Waals surface area contributed by atoms with Crippen LogP contribution in [0, 0.1) is 0 Å². The van der Waals surface area contributed by atoms with Crippen molar-refractivity contribution in [2.24, 2.45) is 9.98 Å². The lowest BCUT2D eigenvalue weighted by atomic mass is 10.1. The first-order chi connectivity index (χ1) is 18.9. The second-order valence-electron chi connectivity index (χ2n) is 9.89. The van der Waals surface area contributed by atoms with Gasteiger partial charge in [0.05, 0.1) is 11.1 Å². The number of guanidine groups is 2. The van der Waals surface area contributed by atoms with E-state index in [1.54, 1.807) is 48.5 Å². The third-order valence-electron chi connectivity index (χ3n) is 5.46. The largest absolute Gasteiger partial charge is 0.478 e. The summed E-state index contributed by atoms with van der Waals surface area (Å²) >= 11 is 0. The van der Waals surface area contributed by atoms with Gasteiger partial charge in [0.15, 0.2) is 0 Å². The number of aliphatic imine (C=N–C) groups is 2. The molecule has 3 aromatic carbocycles. The molecule has 0 saturated carbocycles. The zero-order valence-electron chi connectivity index (χ0n) is 22.0. The molecule has 1 amide bonds. The van der Waals surface area contributed by atoms with Gasteiger partial charge in [0.25, 0.3) is 5.91 Å². The molecule has 0 atom stereocenters. The molecule has 0 spiro atoms. The van der Waals surface area contributed by atoms with Crippen molar-refractivity contribution in [2.75, 3.05) is 16.0 Å². The highest BCUT2D eigenvalue weighted by molar-refractivity contribution is 6.11. The maximum absolute atomic E-state index is 12.4. The van der Waals surface area contributed by atoms with Crippen molar-refractivity contribution >= 4 is 46.8 Å². The number of carbonyl (C=O) groups excluding carboxylic acids is 1. The summed E-state index contributed by atoms with van der Waals surface area (Å²) in [5.41, 5.74) is 2.31. The van der Waals surface area contributed by atoms with Gasteiger partial charge in [0, 0.05) is 28.2 Å². The molecule has 1 aliphatic heterocycles. The number of benzene rings is 3. The number of carbonyl (C=O) groups is 3. The normalized spacial score (nSPS) is 13.3. The molecule has 206 valence electrons. The van der Waals surface area contributed by atoms with Gasteiger partial charge in [-0.1, -0.05) is 0 Å². The van der Waals surface area contributed by atoms with Crippen LogP contribution in [0.1, 0.15) is 51.8 Å². The Hall–Kier alpha value is -5.39. The summed E-state index contributed by atoms with van der Waals surface area (Å²) in [6.45, 7) is 5.73. The number of hydrogen-bond acceptors (Lipinski definition) is 9. The van der Waals surface area contributed by atoms with Crippen molar-refractivity contribution in [1.29, 1.82) is 0 Å². The van der Waals surface area contributed by atoms with E-state index < -0.39 is 18.2 Å². The SMILES string of the molecule is CC(C)(C)NC(=O)c1ccc(NC2N=C(Nc3ccc(C(=O)O)cc3)NC(Nc3ccc(C(=O)O)cc3)=N2)cc1. The Labute approximate surface area is 230 Å². The average molecular weight is 544 g/mol. The monoisotopic (exact) mass is 543 g/mol. The number of rotatable bonds is 7. The molecule has 0 fully saturated rings. The van der Waals surface area contributed by atoms with E-state index in [-0.39, 0.29) is 22.6 Å². The summed E-state index contributed by atoms with van der Waals surface area (Å²) in [6, 6.07) is 19.2. The average Bonchev–Trinajstić information content (AvgIpc) is 2.88. The lowest BCUT2D eigenvalue weighted by molar-refractivity contribution is 0.0686. The predicted octanol–water partition coefficient (Wildman–Crippen LogP) is 3.85. The lowest BCUT2D eigenvalue weighted by Gasteiger charge is -2.24. The van der Waals surface area contributed by atoms with Crippen molar-refractivity contribution in [3.8, 4) is 0 Å². The molecule has 12 heteroatoms. The molecule has 1 heterocycles. The van der Waals surface area contributed by atoms with Gasteiger partial charge >= 0.3 is 11.9 Å². The van der Waals surface area contributed by atoms with E-state index in [2.05, 4.69) is 36.6 Å². The summed E-state index contributed by atoms with van der Waals surface area (Å²) in [6.07, 6.45) is -0.780. The number of hydrogen-bond donors (Lipinski definition) is 7. The Morgan fingerprint density at radius 2 is 1.07 bits per heavy atom. The van der Waals surface area contributed by atoms with E-state index in [0.717, 1.165) is 0 Å². The van der Waals surface area contributed by atoms with Gasteiger partial charge < -0.3 is 31.5 Å². The van der Waals surface area contributed by atoms with Crippen LogP contribution < -0.4 is 26.6 Å². The number of nitrogens with zero attached hydrogens (tertiary/aromatic N) is 2. The summed E-state index contributed by atoms with van der Waals surface area (Å²) in [4.78, 5) is 43.9. The highest BCUT2D eigenvalue weighted by Gasteiger charge is 2.19. The minimum absolute atomic E-state index is 0.150. The van der Waals surface area contributed by atoms with Gasteiger partial charge in [-0.2, -0.15) is 0 Å². The standard InChI is InChI=1S/C28H29N7O5/c1-28(2,3)35-22(36)16-4-10-19(11-5-16)29-25-32-26(30-20-12-6-17(7-13-20)23(37)38)34-27(33-25)31-21-14-8-18(9-15-21)24(39)40/h4-15,25,29H,1-3H3,(H,35,36)(H,37,38)(H,39,40)(H3,30,31,32,33,34). The molecule has 4 rings (SSSR count). The molecule has 0 aliphatic carbocycles. The molecule has 7 N–H and O–H groups in total. The molecule has 0 saturated heterocycles. The molecule has 40 heavy (non-hydrogen) atoms. The Balaban J connectivity index is 1.53. The predicted molar refractivity (Wildman–Crippen MR) is 153 cm³/mol. The van der Waals surface area contributed by atoms with Crippen molar-refractivity contribution < 1.29 is 24.6 Å². The number of anilines is 3. The van der Waals surface area contributed by atoms with Gasteiger partial charge in [0.1, 0.15) is 0 Å². The number of amides is 1. The van der Waals surface area contributed by atoms with Crippen LogP contribution in [-0.4, -0.2) is 51.8 Å². The van der Waals surface area contributed by atoms with Crippen LogP contribution in [0.5, 0.6) is 0 Å². The third-order valence-corrected chi connectivity index (χ3v) is 5.46. The fraction of sp³-hybridized carbons (Fsp3) is 0.179. The molecule has 1 aliphatic rings. The fourth-order valence-corrected chi connectivity index (χ4v) is 3.59. The first-order valence-electron chi connectivity index (χ1n) is 12.3. The molecule has 0 unspecified atom stereocenters. The molecule has 0 bridgehead atoms. The van der Waals surface area contributed by atoms with Crippen molar-refractivity contribution in [3.05, 3.63) is 89.5 Å². The minimum atomic E-state index is -1.03. The summed E-state index contributed by atoms with van der Waals surface area (Å²) in [5, 5.41) is 33.7. The van der Waals surface area contributed by atoms with E-state index in [1.165, 1.54) is 24.3 Å². The van der Waals surface area contributed by atoms with Crippen LogP contribution in [0.15, 0.2) is 82.8 Å². The summed E-state index contributed by atoms with van der Waals surface area (Å²) in [5.74, 6) is -1.60. The van der Waals surface area contributed by atoms with E-state index in [0.29, 0.717) is 34.5 Å². The van der Waals surface area contributed by atoms with Crippen molar-refractivity contribution in [1.82, 2.24) is 10.6 Å². The molecule has 12 nitrogen and oxygen atoms in total. The molecular weight excluding hydrogens is 514 g/mol. The van der Waals surface area contributed by atoms with Crippen LogP contribution in [-0.2, 0) is 0 Å². The van der Waals surface area contributed by atoms with Crippen LogP contribution in [0.4, 0.5) is 17.1 Å². The Morgan fingerprint density at radius 3 is 1.48 bits per heavy atom. The van der Waals surface area contributed by atoms with Gasteiger partial charge in [-0.05, 0) is 93.6 Å². The number of nitrogens with one attached hydrogen (secondary N) is 5. The minimum Gasteiger partial charge on any atom is -0.478 e. The maximum Gasteiger partial charge on any atom is 0.335 e. The summed E-state index contributed by atoms with van der Waals surface area (Å²) < 4.78 is 0. The van der Waals surface area contributed by atoms with Crippen LogP contribution in [0.2, 0.25) is 0 Å². The molecule has 0 aromatic heterocycles. The van der Waals surface area contributed by atoms with Gasteiger partial charge in [-0.15, -0.1) is 0 Å². The van der Waals surface area contributed by atoms with Gasteiger partial charge in [-0.25, -0.2) is 19.6 Å². The lowest BCUT2D eigenvalue weighted by Crippen LogP contribution is -2.45. The molecule has 3 aromatic rings. The van der Waals surface area contributed by atoms with E-state index in [1.807, 2.05) is 20.8 Å². The molecule has 0 radical (unpaired) electrons. The fourth-order valence-electron chi connectivity index (χ4n) is 3.59. The van der Waals surface area contributed by atoms with Gasteiger partial charge in [0.2, 0.25) is 18.2 Å². The zero-order chi connectivity index (χ0) is 28.9. The highest BCUT2D eigenvalue weighted by Crippen LogP contribution is 2.16. The van der Waals surface area contributed by atoms with Crippen LogP contribution in [0.25, 0.3) is 0 Å². The maximum atomic E-state index is 12.4. The summed E-state index contributed by atoms with van der Waals surface area (Å²) in [7, 11) is 0. The topological polar surface area (TPSA) is 177 Å². The van der Waals surface area contributed by atoms with Crippen molar-refractivity contribution in [2.45, 2.75) is 32.6 Å². The number of carboxylic acid groups (broad SMARTS) is 2. The Morgan fingerprint density at radius 1 is 0.675 bits per heavy atom. The van der Waals surface area contributed by atoms with Gasteiger partial charge in [-0.3, -0.25) is 10.1 Å². The number of aromatic carboxylic acids is 2. The quantitative estimate of drug-likeness (QED) is 0.233. The first kappa shape index (κ1) is 27.6. The third kappa shape index (κ3) is 7.57. The molecular formula is C28H29N7O5. The van der Waals surface area contributed by atoms with E-state index >= 15 is 0 Å². The zero-order valence-corrected chi connectivity index (χ0v) is 22.0. The smallest absolute Gasteiger partial charge is 0.335 e. The van der Waals surface area contributed by atoms with Crippen LogP contribution in [0.3, 0.4) is 0 Å². The Bertz CT molecular complexity index is 1380. The van der Waals surface area contributed by atoms with Crippen molar-refractivity contribution in [3.63, 3.8) is 0 Å². The van der Waals surface area contributed by atoms with E-state index in [9.17, 15) is 14.4 Å². The Kier molecular flexibility index (Phi) is 7.99. The second-order valence-corrected chi connectivity index (χ2v) is 9.89. The highest BCUT2D eigenvalue weighted by atomic mass is 16.4.